The van der Waals surface area contributed by atoms with Gasteiger partial charge in [0.2, 0.25) is 11.8 Å². The lowest BCUT2D eigenvalue weighted by atomic mass is 10.1. The van der Waals surface area contributed by atoms with E-state index in [-0.39, 0.29) is 22.6 Å². The van der Waals surface area contributed by atoms with Gasteiger partial charge in [0.1, 0.15) is 11.1 Å². The lowest BCUT2D eigenvalue weighted by Crippen LogP contribution is -2.31. The number of hydrogen-bond donors (Lipinski definition) is 0. The average Bonchev–Trinajstić information content (AvgIpc) is 3.21. The van der Waals surface area contributed by atoms with Crippen LogP contribution in [0.4, 0.5) is 5.69 Å². The van der Waals surface area contributed by atoms with Crippen molar-refractivity contribution in [3.05, 3.63) is 87.0 Å². The van der Waals surface area contributed by atoms with Crippen LogP contribution in [0.2, 0.25) is 10.0 Å². The van der Waals surface area contributed by atoms with Crippen LogP contribution >= 0.6 is 35.0 Å². The molecule has 0 bridgehead atoms. The van der Waals surface area contributed by atoms with Crippen molar-refractivity contribution in [3.8, 4) is 6.07 Å². The van der Waals surface area contributed by atoms with Crippen LogP contribution in [0.25, 0.3) is 0 Å². The highest BCUT2D eigenvalue weighted by molar-refractivity contribution is 8.00. The van der Waals surface area contributed by atoms with Crippen LogP contribution in [0.1, 0.15) is 51.7 Å². The maximum absolute atomic E-state index is 13.1. The molecule has 0 radical (unpaired) electrons. The Morgan fingerprint density at radius 3 is 2.46 bits per heavy atom. The maximum atomic E-state index is 13.1. The molecular weight excluding hydrogens is 561 g/mol. The second-order valence-electron chi connectivity index (χ2n) is 8.57. The van der Waals surface area contributed by atoms with Crippen molar-refractivity contribution in [3.63, 3.8) is 0 Å². The third-order valence-electron chi connectivity index (χ3n) is 5.84. The molecule has 1 aliphatic heterocycles. The van der Waals surface area contributed by atoms with E-state index < -0.39 is 35.4 Å². The lowest BCUT2D eigenvalue weighted by molar-refractivity contribution is -0.121. The molecule has 1 saturated heterocycles. The largest absolute Gasteiger partial charge is 0.454 e. The number of carbonyl (C=O) groups excluding carboxylic acids is 4. The number of nitriles is 1. The van der Waals surface area contributed by atoms with E-state index in [2.05, 4.69) is 11.1 Å². The third-order valence-corrected chi connectivity index (χ3v) is 7.77. The molecule has 2 amide bonds. The molecule has 0 N–H and O–H groups in total. The Balaban J connectivity index is 1.41. The molecule has 11 heteroatoms. The van der Waals surface area contributed by atoms with E-state index in [4.69, 9.17) is 27.9 Å². The summed E-state index contributed by atoms with van der Waals surface area (Å²) in [7, 11) is 0. The normalized spacial score (nSPS) is 14.8. The Hall–Kier alpha value is -3.71. The molecule has 0 spiro atoms. The predicted octanol–water partition coefficient (Wildman–Crippen LogP) is 5.68. The molecule has 1 unspecified atom stereocenters. The Morgan fingerprint density at radius 1 is 1.08 bits per heavy atom. The number of imide groups is 1. The zero-order valence-corrected chi connectivity index (χ0v) is 23.0. The molecule has 1 atom stereocenters. The average molecular weight is 582 g/mol. The number of Topliss-reactive ketones (excluding diaryl/α,β-unsaturated/α-hetero) is 1. The zero-order chi connectivity index (χ0) is 28.1. The number of benzene rings is 2. The van der Waals surface area contributed by atoms with Gasteiger partial charge < -0.3 is 4.74 Å². The Kier molecular flexibility index (Phi) is 9.02. The number of ether oxygens (including phenoxy) is 1. The summed E-state index contributed by atoms with van der Waals surface area (Å²) in [6, 6.07) is 15.6. The summed E-state index contributed by atoms with van der Waals surface area (Å²) < 4.78 is 5.11. The van der Waals surface area contributed by atoms with E-state index >= 15 is 0 Å². The van der Waals surface area contributed by atoms with Gasteiger partial charge in [-0.1, -0.05) is 48.3 Å². The first-order valence-corrected chi connectivity index (χ1v) is 13.5. The van der Waals surface area contributed by atoms with E-state index in [1.54, 1.807) is 12.1 Å². The minimum Gasteiger partial charge on any atom is -0.454 e. The number of nitrogens with zero attached hydrogens (tertiary/aromatic N) is 3. The van der Waals surface area contributed by atoms with Crippen molar-refractivity contribution in [1.82, 2.24) is 4.98 Å². The van der Waals surface area contributed by atoms with Gasteiger partial charge in [0.15, 0.2) is 12.4 Å². The van der Waals surface area contributed by atoms with E-state index in [1.165, 1.54) is 42.5 Å². The van der Waals surface area contributed by atoms with Crippen LogP contribution in [0.5, 0.6) is 0 Å². The number of aryl methyl sites for hydroxylation is 1. The van der Waals surface area contributed by atoms with E-state index in [0.29, 0.717) is 21.3 Å². The van der Waals surface area contributed by atoms with Gasteiger partial charge in [0, 0.05) is 17.7 Å². The van der Waals surface area contributed by atoms with Crippen LogP contribution in [-0.2, 0) is 20.7 Å². The van der Waals surface area contributed by atoms with Gasteiger partial charge in [-0.3, -0.25) is 14.4 Å². The van der Waals surface area contributed by atoms with Gasteiger partial charge in [0.05, 0.1) is 32.1 Å². The predicted molar refractivity (Wildman–Crippen MR) is 147 cm³/mol. The van der Waals surface area contributed by atoms with Crippen LogP contribution in [0.15, 0.2) is 59.6 Å². The number of esters is 1. The molecular formula is C28H21Cl2N3O5S. The number of amides is 2. The molecule has 3 aromatic rings. The summed E-state index contributed by atoms with van der Waals surface area (Å²) in [5.74, 6) is -2.03. The molecule has 8 nitrogen and oxygen atoms in total. The van der Waals surface area contributed by atoms with E-state index in [0.717, 1.165) is 35.2 Å². The highest BCUT2D eigenvalue weighted by Gasteiger charge is 2.40. The summed E-state index contributed by atoms with van der Waals surface area (Å²) in [5.41, 5.74) is 1.85. The number of thioether (sulfide) groups is 1. The summed E-state index contributed by atoms with van der Waals surface area (Å²) >= 11 is 12.9. The van der Waals surface area contributed by atoms with Gasteiger partial charge in [-0.2, -0.15) is 5.26 Å². The molecule has 1 aromatic heterocycles. The highest BCUT2D eigenvalue weighted by atomic mass is 35.5. The number of anilines is 1. The fourth-order valence-corrected chi connectivity index (χ4v) is 5.28. The summed E-state index contributed by atoms with van der Waals surface area (Å²) in [6.07, 6.45) is 1.57. The summed E-state index contributed by atoms with van der Waals surface area (Å²) in [5, 5.41) is 9.65. The molecule has 2 heterocycles. The third kappa shape index (κ3) is 6.48. The molecule has 2 aromatic carbocycles. The van der Waals surface area contributed by atoms with E-state index in [9.17, 15) is 24.4 Å². The fraction of sp³-hybridized carbons (Fsp3) is 0.214. The number of rotatable bonds is 9. The number of carbonyl (C=O) groups is 4. The summed E-state index contributed by atoms with van der Waals surface area (Å²) in [6.45, 7) is 1.52. The van der Waals surface area contributed by atoms with Crippen LogP contribution in [-0.4, -0.2) is 40.4 Å². The Labute approximate surface area is 238 Å². The number of pyridine rings is 1. The van der Waals surface area contributed by atoms with Crippen LogP contribution in [0.3, 0.4) is 0 Å². The molecule has 39 heavy (non-hydrogen) atoms. The van der Waals surface area contributed by atoms with Crippen LogP contribution in [0, 0.1) is 11.3 Å². The molecule has 0 aliphatic carbocycles. The monoisotopic (exact) mass is 581 g/mol. The van der Waals surface area contributed by atoms with Crippen molar-refractivity contribution in [2.45, 2.75) is 36.5 Å². The standard InChI is InChI=1S/C28H21Cl2N3O5S/c1-2-3-19-8-4-18(14-31)26(32-19)39-24-13-25(35)33(27(24)36)20-9-5-16(6-10-20)28(37)38-15-23(34)17-7-11-21(29)22(30)12-17/h4-12,24H,2-3,13,15H2,1H3. The minimum atomic E-state index is -0.746. The first-order valence-electron chi connectivity index (χ1n) is 11.9. The van der Waals surface area contributed by atoms with Crippen molar-refractivity contribution in [2.24, 2.45) is 0 Å². The SMILES string of the molecule is CCCc1ccc(C#N)c(SC2CC(=O)N(c3ccc(C(=O)OCC(=O)c4ccc(Cl)c(Cl)c4)cc3)C2=O)n1. The lowest BCUT2D eigenvalue weighted by Gasteiger charge is -2.15. The number of halogens is 2. The zero-order valence-electron chi connectivity index (χ0n) is 20.6. The molecule has 1 aliphatic rings. The highest BCUT2D eigenvalue weighted by Crippen LogP contribution is 2.35. The fourth-order valence-electron chi connectivity index (χ4n) is 3.87. The first-order chi connectivity index (χ1) is 18.7. The van der Waals surface area contributed by atoms with Gasteiger partial charge in [-0.25, -0.2) is 14.7 Å². The van der Waals surface area contributed by atoms with E-state index in [1.807, 2.05) is 6.92 Å². The van der Waals surface area contributed by atoms with Crippen LogP contribution < -0.4 is 4.90 Å². The Bertz CT molecular complexity index is 1500. The molecule has 0 saturated carbocycles. The maximum Gasteiger partial charge on any atom is 0.338 e. The van der Waals surface area contributed by atoms with Gasteiger partial charge in [-0.15, -0.1) is 0 Å². The number of ketones is 1. The van der Waals surface area contributed by atoms with Gasteiger partial charge in [-0.05, 0) is 61.0 Å². The number of hydrogen-bond acceptors (Lipinski definition) is 8. The van der Waals surface area contributed by atoms with Crippen molar-refractivity contribution < 1.29 is 23.9 Å². The summed E-state index contributed by atoms with van der Waals surface area (Å²) in [4.78, 5) is 56.2. The second kappa shape index (κ2) is 12.4. The van der Waals surface area contributed by atoms with Gasteiger partial charge in [0.25, 0.3) is 0 Å². The number of aromatic nitrogens is 1. The first kappa shape index (κ1) is 28.3. The molecule has 1 fully saturated rings. The van der Waals surface area contributed by atoms with Gasteiger partial charge >= 0.3 is 5.97 Å². The van der Waals surface area contributed by atoms with Crippen molar-refractivity contribution in [2.75, 3.05) is 11.5 Å². The quantitative estimate of drug-likeness (QED) is 0.180. The molecule has 198 valence electrons. The topological polar surface area (TPSA) is 117 Å². The second-order valence-corrected chi connectivity index (χ2v) is 10.6. The Morgan fingerprint density at radius 2 is 1.79 bits per heavy atom. The minimum absolute atomic E-state index is 0.0470. The van der Waals surface area contributed by atoms with Crippen molar-refractivity contribution >= 4 is 64.2 Å². The smallest absolute Gasteiger partial charge is 0.338 e. The van der Waals surface area contributed by atoms with Crippen molar-refractivity contribution in [1.29, 1.82) is 5.26 Å². The molecule has 4 rings (SSSR count).